The van der Waals surface area contributed by atoms with Crippen molar-refractivity contribution in [2.45, 2.75) is 32.4 Å². The van der Waals surface area contributed by atoms with Gasteiger partial charge in [0.1, 0.15) is 0 Å². The molecule has 8 nitrogen and oxygen atoms in total. The van der Waals surface area contributed by atoms with E-state index in [1.165, 1.54) is 11.1 Å². The first-order chi connectivity index (χ1) is 17.4. The second-order valence-corrected chi connectivity index (χ2v) is 10.1. The summed E-state index contributed by atoms with van der Waals surface area (Å²) in [7, 11) is 0. The molecular weight excluding hydrogens is 456 g/mol. The van der Waals surface area contributed by atoms with Crippen LogP contribution in [0.4, 0.5) is 0 Å². The summed E-state index contributed by atoms with van der Waals surface area (Å²) in [5.74, 6) is -0.118. The number of β-amino-alcohol motifs (C(OH)–C–C–N with tert-alkyl or cyclic N) is 1. The number of carbonyl (C=O) groups is 3. The maximum absolute atomic E-state index is 13.2. The maximum atomic E-state index is 13.2. The second kappa shape index (κ2) is 10.4. The van der Waals surface area contributed by atoms with Crippen molar-refractivity contribution in [3.05, 3.63) is 70.3 Å². The summed E-state index contributed by atoms with van der Waals surface area (Å²) in [6.45, 7) is 6.78. The predicted molar refractivity (Wildman–Crippen MR) is 136 cm³/mol. The van der Waals surface area contributed by atoms with Crippen molar-refractivity contribution in [2.24, 2.45) is 0 Å². The Morgan fingerprint density at radius 3 is 2.31 bits per heavy atom. The molecule has 190 valence electrons. The molecule has 3 aliphatic heterocycles. The lowest BCUT2D eigenvalue weighted by molar-refractivity contribution is -0.130. The van der Waals surface area contributed by atoms with Crippen LogP contribution in [0.2, 0.25) is 0 Å². The van der Waals surface area contributed by atoms with Crippen LogP contribution in [-0.2, 0) is 24.2 Å². The third-order valence-corrected chi connectivity index (χ3v) is 7.64. The average Bonchev–Trinajstić information content (AvgIpc) is 2.89. The first-order valence-corrected chi connectivity index (χ1v) is 12.8. The lowest BCUT2D eigenvalue weighted by atomic mass is 9.95. The van der Waals surface area contributed by atoms with Gasteiger partial charge in [0, 0.05) is 77.0 Å². The Morgan fingerprint density at radius 1 is 0.861 bits per heavy atom. The fourth-order valence-corrected chi connectivity index (χ4v) is 5.57. The van der Waals surface area contributed by atoms with E-state index >= 15 is 0 Å². The summed E-state index contributed by atoms with van der Waals surface area (Å²) >= 11 is 0. The van der Waals surface area contributed by atoms with E-state index in [-0.39, 0.29) is 17.7 Å². The van der Waals surface area contributed by atoms with Gasteiger partial charge in [-0.05, 0) is 47.7 Å². The van der Waals surface area contributed by atoms with Crippen LogP contribution in [0.3, 0.4) is 0 Å². The van der Waals surface area contributed by atoms with Gasteiger partial charge < -0.3 is 19.8 Å². The molecule has 1 unspecified atom stereocenters. The molecule has 1 fully saturated rings. The van der Waals surface area contributed by atoms with Gasteiger partial charge in [0.25, 0.3) is 11.8 Å². The van der Waals surface area contributed by atoms with Gasteiger partial charge in [-0.15, -0.1) is 0 Å². The fraction of sp³-hybridized carbons (Fsp3) is 0.464. The van der Waals surface area contributed by atoms with Crippen LogP contribution in [0.25, 0.3) is 0 Å². The molecule has 0 aromatic heterocycles. The molecule has 36 heavy (non-hydrogen) atoms. The molecule has 2 aromatic rings. The Labute approximate surface area is 212 Å². The van der Waals surface area contributed by atoms with Gasteiger partial charge in [-0.25, -0.2) is 0 Å². The minimum atomic E-state index is -0.615. The minimum absolute atomic E-state index is 0.0327. The highest BCUT2D eigenvalue weighted by atomic mass is 16.3. The van der Waals surface area contributed by atoms with Gasteiger partial charge in [-0.3, -0.25) is 19.3 Å². The highest BCUT2D eigenvalue weighted by Gasteiger charge is 2.29. The van der Waals surface area contributed by atoms with Gasteiger partial charge in [-0.1, -0.05) is 24.3 Å². The van der Waals surface area contributed by atoms with E-state index in [2.05, 4.69) is 29.2 Å². The highest BCUT2D eigenvalue weighted by Crippen LogP contribution is 2.23. The lowest BCUT2D eigenvalue weighted by Gasteiger charge is -2.35. The van der Waals surface area contributed by atoms with E-state index in [0.29, 0.717) is 63.4 Å². The molecule has 3 aliphatic rings. The Kier molecular flexibility index (Phi) is 7.07. The molecule has 0 bridgehead atoms. The molecule has 3 heterocycles. The summed E-state index contributed by atoms with van der Waals surface area (Å²) in [6, 6.07) is 13.7. The summed E-state index contributed by atoms with van der Waals surface area (Å²) in [5, 5.41) is 10.8. The van der Waals surface area contributed by atoms with Crippen molar-refractivity contribution in [3.8, 4) is 0 Å². The molecule has 5 rings (SSSR count). The van der Waals surface area contributed by atoms with Crippen molar-refractivity contribution in [1.82, 2.24) is 19.6 Å². The van der Waals surface area contributed by atoms with Gasteiger partial charge >= 0.3 is 0 Å². The van der Waals surface area contributed by atoms with Crippen LogP contribution >= 0.6 is 0 Å². The van der Waals surface area contributed by atoms with Crippen LogP contribution in [0.1, 0.15) is 44.3 Å². The van der Waals surface area contributed by atoms with E-state index in [1.54, 1.807) is 33.8 Å². The number of carbonyl (C=O) groups excluding carboxylic acids is 3. The van der Waals surface area contributed by atoms with Crippen molar-refractivity contribution >= 4 is 17.7 Å². The van der Waals surface area contributed by atoms with Gasteiger partial charge in [0.2, 0.25) is 5.91 Å². The van der Waals surface area contributed by atoms with Crippen LogP contribution in [0.5, 0.6) is 0 Å². The lowest BCUT2D eigenvalue weighted by Crippen LogP contribution is -2.50. The largest absolute Gasteiger partial charge is 0.390 e. The molecule has 1 N–H and O–H groups in total. The zero-order chi connectivity index (χ0) is 25.2. The second-order valence-electron chi connectivity index (χ2n) is 10.1. The summed E-state index contributed by atoms with van der Waals surface area (Å²) in [4.78, 5) is 45.2. The summed E-state index contributed by atoms with van der Waals surface area (Å²) in [5.41, 5.74) is 4.76. The number of rotatable bonds is 5. The molecule has 1 saturated heterocycles. The zero-order valence-corrected chi connectivity index (χ0v) is 20.9. The van der Waals surface area contributed by atoms with Crippen LogP contribution in [0, 0.1) is 0 Å². The zero-order valence-electron chi connectivity index (χ0n) is 20.9. The third kappa shape index (κ3) is 5.15. The van der Waals surface area contributed by atoms with Gasteiger partial charge in [-0.2, -0.15) is 0 Å². The number of hydrogen-bond acceptors (Lipinski definition) is 5. The molecular formula is C28H34N4O4. The Bertz CT molecular complexity index is 1160. The number of amides is 3. The van der Waals surface area contributed by atoms with Crippen LogP contribution in [0.15, 0.2) is 42.5 Å². The Balaban J connectivity index is 1.17. The Morgan fingerprint density at radius 2 is 1.56 bits per heavy atom. The van der Waals surface area contributed by atoms with Gasteiger partial charge in [0.05, 0.1) is 6.10 Å². The molecule has 0 saturated carbocycles. The van der Waals surface area contributed by atoms with Crippen molar-refractivity contribution < 1.29 is 19.5 Å². The van der Waals surface area contributed by atoms with Crippen molar-refractivity contribution in [2.75, 3.05) is 52.4 Å². The first kappa shape index (κ1) is 24.5. The van der Waals surface area contributed by atoms with E-state index < -0.39 is 6.10 Å². The fourth-order valence-electron chi connectivity index (χ4n) is 5.57. The minimum Gasteiger partial charge on any atom is -0.390 e. The Hall–Kier alpha value is -3.23. The molecule has 0 spiro atoms. The number of fused-ring (bicyclic) bond motifs is 2. The average molecular weight is 491 g/mol. The van der Waals surface area contributed by atoms with E-state index in [0.717, 1.165) is 25.1 Å². The molecule has 0 radical (unpaired) electrons. The number of aliphatic hydroxyl groups is 1. The topological polar surface area (TPSA) is 84.4 Å². The van der Waals surface area contributed by atoms with E-state index in [1.807, 2.05) is 6.07 Å². The summed E-state index contributed by atoms with van der Waals surface area (Å²) in [6.07, 6.45) is 1.02. The quantitative estimate of drug-likeness (QED) is 0.685. The normalized spacial score (nSPS) is 19.1. The molecule has 0 aliphatic carbocycles. The van der Waals surface area contributed by atoms with E-state index in [4.69, 9.17) is 0 Å². The van der Waals surface area contributed by atoms with Crippen molar-refractivity contribution in [1.29, 1.82) is 0 Å². The number of nitrogens with zero attached hydrogens (tertiary/aromatic N) is 4. The number of piperazine rings is 1. The smallest absolute Gasteiger partial charge is 0.254 e. The van der Waals surface area contributed by atoms with Gasteiger partial charge in [0.15, 0.2) is 0 Å². The SMILES string of the molecule is CC(=O)N1CCN(C(=O)c2ccc3c(c2)CCN(CC(O)CN2CCc4ccccc4C2)C3=O)CC1. The predicted octanol–water partition coefficient (Wildman–Crippen LogP) is 1.41. The standard InChI is InChI=1S/C28H34N4O4/c1-20(33)30-12-14-31(15-13-30)27(35)23-6-7-26-22(16-23)9-11-32(28(26)36)19-25(34)18-29-10-8-21-4-2-3-5-24(21)17-29/h2-7,16,25,34H,8-15,17-19H2,1H3. The molecule has 3 amide bonds. The van der Waals surface area contributed by atoms with Crippen LogP contribution in [-0.4, -0.2) is 101 Å². The number of aliphatic hydroxyl groups excluding tert-OH is 1. The monoisotopic (exact) mass is 490 g/mol. The van der Waals surface area contributed by atoms with E-state index in [9.17, 15) is 19.5 Å². The number of hydrogen-bond donors (Lipinski definition) is 1. The molecule has 8 heteroatoms. The third-order valence-electron chi connectivity index (χ3n) is 7.64. The number of benzene rings is 2. The highest BCUT2D eigenvalue weighted by molar-refractivity contribution is 6.00. The van der Waals surface area contributed by atoms with Crippen LogP contribution < -0.4 is 0 Å². The molecule has 1 atom stereocenters. The molecule has 2 aromatic carbocycles. The van der Waals surface area contributed by atoms with Crippen molar-refractivity contribution in [3.63, 3.8) is 0 Å². The summed E-state index contributed by atoms with van der Waals surface area (Å²) < 4.78 is 0. The first-order valence-electron chi connectivity index (χ1n) is 12.8. The maximum Gasteiger partial charge on any atom is 0.254 e.